The Morgan fingerprint density at radius 1 is 1.54 bits per heavy atom. The van der Waals surface area contributed by atoms with Crippen LogP contribution in [0.3, 0.4) is 0 Å². The second-order valence-electron chi connectivity index (χ2n) is 3.20. The third kappa shape index (κ3) is 3.87. The van der Waals surface area contributed by atoms with Gasteiger partial charge in [0.1, 0.15) is 0 Å². The van der Waals surface area contributed by atoms with Crippen LogP contribution in [0, 0.1) is 11.3 Å². The molecular weight excluding hydrogens is 162 g/mol. The molecule has 0 aromatic carbocycles. The summed E-state index contributed by atoms with van der Waals surface area (Å²) in [5.41, 5.74) is 7.33. The average Bonchev–Trinajstić information content (AvgIpc) is 2.02. The molecule has 74 valence electrons. The highest BCUT2D eigenvalue weighted by molar-refractivity contribution is 6.06. The normalized spacial score (nSPS) is 13.6. The van der Waals surface area contributed by atoms with E-state index in [4.69, 9.17) is 11.1 Å². The molecule has 0 saturated heterocycles. The largest absolute Gasteiger partial charge is 0.368 e. The lowest BCUT2D eigenvalue weighted by molar-refractivity contribution is 0.796. The molecule has 0 spiro atoms. The minimum atomic E-state index is -0.114. The van der Waals surface area contributed by atoms with Crippen molar-refractivity contribution in [3.8, 4) is 0 Å². The molecule has 3 nitrogen and oxygen atoms in total. The average molecular weight is 181 g/mol. The van der Waals surface area contributed by atoms with Gasteiger partial charge in [-0.25, -0.2) is 4.99 Å². The fourth-order valence-electron chi connectivity index (χ4n) is 1.33. The van der Waals surface area contributed by atoms with Gasteiger partial charge >= 0.3 is 0 Å². The molecule has 0 rings (SSSR count). The fraction of sp³-hybridized carbons (Fsp3) is 0.600. The number of nitrogens with one attached hydrogen (secondary N) is 1. The van der Waals surface area contributed by atoms with Crippen molar-refractivity contribution >= 4 is 11.7 Å². The number of rotatable bonds is 3. The summed E-state index contributed by atoms with van der Waals surface area (Å²) in [6.07, 6.45) is 2.85. The van der Waals surface area contributed by atoms with Crippen LogP contribution in [0.4, 0.5) is 0 Å². The van der Waals surface area contributed by atoms with Crippen molar-refractivity contribution in [2.45, 2.75) is 34.1 Å². The summed E-state index contributed by atoms with van der Waals surface area (Å²) in [5.74, 6) is 0.319. The highest BCUT2D eigenvalue weighted by atomic mass is 15.0. The second kappa shape index (κ2) is 5.51. The van der Waals surface area contributed by atoms with E-state index < -0.39 is 0 Å². The molecule has 0 aliphatic heterocycles. The molecule has 3 heteroatoms. The number of nitrogens with two attached hydrogens (primary N) is 1. The predicted octanol–water partition coefficient (Wildman–Crippen LogP) is 2.33. The summed E-state index contributed by atoms with van der Waals surface area (Å²) in [5, 5.41) is 7.10. The Morgan fingerprint density at radius 3 is 2.31 bits per heavy atom. The molecule has 0 aliphatic rings. The van der Waals surface area contributed by atoms with Crippen LogP contribution < -0.4 is 5.73 Å². The molecule has 0 radical (unpaired) electrons. The molecule has 0 atom stereocenters. The van der Waals surface area contributed by atoms with E-state index in [1.165, 1.54) is 5.57 Å². The van der Waals surface area contributed by atoms with Gasteiger partial charge in [-0.05, 0) is 24.8 Å². The first kappa shape index (κ1) is 11.9. The smallest absolute Gasteiger partial charge is 0.212 e. The number of allylic oxidation sites excluding steroid dienone is 2. The van der Waals surface area contributed by atoms with Crippen LogP contribution in [0.15, 0.2) is 16.6 Å². The van der Waals surface area contributed by atoms with Gasteiger partial charge in [0.05, 0.1) is 0 Å². The first-order valence-corrected chi connectivity index (χ1v) is 4.61. The van der Waals surface area contributed by atoms with Crippen molar-refractivity contribution in [2.24, 2.45) is 16.6 Å². The van der Waals surface area contributed by atoms with Gasteiger partial charge in [0.15, 0.2) is 0 Å². The molecule has 0 bridgehead atoms. The van der Waals surface area contributed by atoms with Crippen molar-refractivity contribution in [3.63, 3.8) is 0 Å². The maximum atomic E-state index is 7.10. The maximum absolute atomic E-state index is 7.10. The Hall–Kier alpha value is -1.12. The Balaban J connectivity index is 4.85. The topological polar surface area (TPSA) is 62.2 Å². The molecule has 13 heavy (non-hydrogen) atoms. The highest BCUT2D eigenvalue weighted by Crippen LogP contribution is 2.13. The number of hydrogen-bond acceptors (Lipinski definition) is 1. The predicted molar refractivity (Wildman–Crippen MR) is 58.2 cm³/mol. The summed E-state index contributed by atoms with van der Waals surface area (Å²) in [6.45, 7) is 8.23. The van der Waals surface area contributed by atoms with Crippen LogP contribution in [0.1, 0.15) is 34.1 Å². The van der Waals surface area contributed by atoms with Crippen LogP contribution in [-0.4, -0.2) is 11.7 Å². The molecule has 0 fully saturated rings. The summed E-state index contributed by atoms with van der Waals surface area (Å²) < 4.78 is 0. The Labute approximate surface area is 80.3 Å². The maximum Gasteiger partial charge on any atom is 0.212 e. The van der Waals surface area contributed by atoms with E-state index in [0.717, 1.165) is 12.1 Å². The SMILES string of the molecule is C/C=C(\C(CC)=NC(=N)N)C(C)C. The van der Waals surface area contributed by atoms with Crippen LogP contribution >= 0.6 is 0 Å². The monoisotopic (exact) mass is 181 g/mol. The molecule has 0 amide bonds. The van der Waals surface area contributed by atoms with Crippen molar-refractivity contribution in [2.75, 3.05) is 0 Å². The number of nitrogens with zero attached hydrogens (tertiary/aromatic N) is 1. The second-order valence-corrected chi connectivity index (χ2v) is 3.20. The van der Waals surface area contributed by atoms with Gasteiger partial charge in [0.25, 0.3) is 0 Å². The third-order valence-electron chi connectivity index (χ3n) is 1.86. The molecule has 3 N–H and O–H groups in total. The molecule has 0 heterocycles. The quantitative estimate of drug-likeness (QED) is 0.509. The molecule has 0 aromatic heterocycles. The lowest BCUT2D eigenvalue weighted by Crippen LogP contribution is -2.14. The molecular formula is C10H19N3. The number of aliphatic imine (C=N–C) groups is 1. The standard InChI is InChI=1S/C10H19N3/c1-5-8(7(3)4)9(6-2)13-10(11)12/h5,7H,6H2,1-4H3,(H3,11,12)/b8-5-,13-9?. The van der Waals surface area contributed by atoms with E-state index in [0.29, 0.717) is 5.92 Å². The number of guanidine groups is 1. The lowest BCUT2D eigenvalue weighted by Gasteiger charge is -2.12. The van der Waals surface area contributed by atoms with Crippen LogP contribution in [0.2, 0.25) is 0 Å². The summed E-state index contributed by atoms with van der Waals surface area (Å²) >= 11 is 0. The van der Waals surface area contributed by atoms with E-state index in [9.17, 15) is 0 Å². The lowest BCUT2D eigenvalue weighted by atomic mass is 9.96. The molecule has 0 aromatic rings. The molecule has 0 unspecified atom stereocenters. The van der Waals surface area contributed by atoms with Gasteiger partial charge in [0.2, 0.25) is 5.96 Å². The minimum Gasteiger partial charge on any atom is -0.368 e. The van der Waals surface area contributed by atoms with E-state index >= 15 is 0 Å². The molecule has 0 saturated carbocycles. The van der Waals surface area contributed by atoms with Gasteiger partial charge in [-0.2, -0.15) is 0 Å². The first-order valence-electron chi connectivity index (χ1n) is 4.61. The third-order valence-corrected chi connectivity index (χ3v) is 1.86. The van der Waals surface area contributed by atoms with E-state index in [-0.39, 0.29) is 5.96 Å². The summed E-state index contributed by atoms with van der Waals surface area (Å²) in [4.78, 5) is 4.00. The van der Waals surface area contributed by atoms with E-state index in [1.54, 1.807) is 0 Å². The van der Waals surface area contributed by atoms with Crippen LogP contribution in [-0.2, 0) is 0 Å². The molecule has 0 aliphatic carbocycles. The van der Waals surface area contributed by atoms with E-state index in [1.807, 2.05) is 19.9 Å². The first-order chi connectivity index (χ1) is 6.02. The van der Waals surface area contributed by atoms with Gasteiger partial charge in [-0.1, -0.05) is 26.8 Å². The zero-order chi connectivity index (χ0) is 10.4. The fourth-order valence-corrected chi connectivity index (χ4v) is 1.33. The van der Waals surface area contributed by atoms with Crippen molar-refractivity contribution in [1.29, 1.82) is 5.41 Å². The zero-order valence-corrected chi connectivity index (χ0v) is 8.89. The summed E-state index contributed by atoms with van der Waals surface area (Å²) in [7, 11) is 0. The number of hydrogen-bond donors (Lipinski definition) is 2. The summed E-state index contributed by atoms with van der Waals surface area (Å²) in [6, 6.07) is 0. The van der Waals surface area contributed by atoms with Crippen LogP contribution in [0.5, 0.6) is 0 Å². The zero-order valence-electron chi connectivity index (χ0n) is 8.89. The van der Waals surface area contributed by atoms with Gasteiger partial charge in [-0.3, -0.25) is 5.41 Å². The minimum absolute atomic E-state index is 0.114. The van der Waals surface area contributed by atoms with Gasteiger partial charge < -0.3 is 5.73 Å². The Bertz CT molecular complexity index is 237. The highest BCUT2D eigenvalue weighted by Gasteiger charge is 2.08. The van der Waals surface area contributed by atoms with Crippen molar-refractivity contribution in [1.82, 2.24) is 0 Å². The van der Waals surface area contributed by atoms with Crippen molar-refractivity contribution < 1.29 is 0 Å². The van der Waals surface area contributed by atoms with Crippen LogP contribution in [0.25, 0.3) is 0 Å². The Morgan fingerprint density at radius 2 is 2.08 bits per heavy atom. The van der Waals surface area contributed by atoms with E-state index in [2.05, 4.69) is 18.8 Å². The Kier molecular flexibility index (Phi) is 5.04. The van der Waals surface area contributed by atoms with Gasteiger partial charge in [0, 0.05) is 5.71 Å². The van der Waals surface area contributed by atoms with Gasteiger partial charge in [-0.15, -0.1) is 0 Å². The van der Waals surface area contributed by atoms with Crippen molar-refractivity contribution in [3.05, 3.63) is 11.6 Å².